The highest BCUT2D eigenvalue weighted by molar-refractivity contribution is 7.90. The van der Waals surface area contributed by atoms with Gasteiger partial charge in [-0.05, 0) is 31.0 Å². The van der Waals surface area contributed by atoms with E-state index in [4.69, 9.17) is 0 Å². The van der Waals surface area contributed by atoms with E-state index in [1.165, 1.54) is 24.3 Å². The van der Waals surface area contributed by atoms with Gasteiger partial charge in [-0.1, -0.05) is 19.9 Å². The molecular weight excluding hydrogens is 306 g/mol. The Bertz CT molecular complexity index is 662. The molecule has 0 unspecified atom stereocenters. The van der Waals surface area contributed by atoms with E-state index in [0.717, 1.165) is 6.26 Å². The number of carboxylic acid groups (broad SMARTS) is 1. The number of carbonyl (C=O) groups is 2. The maximum atomic E-state index is 12.1. The monoisotopic (exact) mass is 327 g/mol. The van der Waals surface area contributed by atoms with Gasteiger partial charge in [-0.3, -0.25) is 9.59 Å². The van der Waals surface area contributed by atoms with Crippen LogP contribution >= 0.6 is 0 Å². The molecule has 0 fully saturated rings. The highest BCUT2D eigenvalue weighted by Crippen LogP contribution is 2.25. The Balaban J connectivity index is 2.93. The zero-order chi connectivity index (χ0) is 17.0. The summed E-state index contributed by atoms with van der Waals surface area (Å²) in [6, 6.07) is 5.66. The summed E-state index contributed by atoms with van der Waals surface area (Å²) in [4.78, 5) is 23.6. The van der Waals surface area contributed by atoms with Crippen LogP contribution in [-0.4, -0.2) is 38.2 Å². The van der Waals surface area contributed by atoms with Crippen LogP contribution in [0.5, 0.6) is 0 Å². The average molecular weight is 327 g/mol. The summed E-state index contributed by atoms with van der Waals surface area (Å²) in [5, 5.41) is 11.9. The molecule has 7 heteroatoms. The number of hydrogen-bond donors (Lipinski definition) is 2. The third kappa shape index (κ3) is 4.07. The van der Waals surface area contributed by atoms with E-state index < -0.39 is 27.1 Å². The van der Waals surface area contributed by atoms with Crippen molar-refractivity contribution >= 4 is 21.7 Å². The molecule has 6 nitrogen and oxygen atoms in total. The Labute approximate surface area is 130 Å². The Hall–Kier alpha value is -1.89. The molecule has 1 aromatic rings. The molecule has 0 aliphatic heterocycles. The van der Waals surface area contributed by atoms with Gasteiger partial charge in [-0.2, -0.15) is 0 Å². The van der Waals surface area contributed by atoms with Crippen LogP contribution in [0.15, 0.2) is 29.2 Å². The van der Waals surface area contributed by atoms with Gasteiger partial charge in [-0.15, -0.1) is 0 Å². The van der Waals surface area contributed by atoms with Gasteiger partial charge >= 0.3 is 5.97 Å². The summed E-state index contributed by atoms with van der Waals surface area (Å²) in [5.41, 5.74) is -0.821. The van der Waals surface area contributed by atoms with Crippen LogP contribution < -0.4 is 5.32 Å². The maximum Gasteiger partial charge on any atom is 0.311 e. The van der Waals surface area contributed by atoms with E-state index in [2.05, 4.69) is 5.32 Å². The maximum absolute atomic E-state index is 12.1. The molecule has 2 N–H and O–H groups in total. The van der Waals surface area contributed by atoms with E-state index >= 15 is 0 Å². The smallest absolute Gasteiger partial charge is 0.311 e. The molecule has 0 heterocycles. The van der Waals surface area contributed by atoms with Gasteiger partial charge in [0.1, 0.15) is 0 Å². The predicted octanol–water partition coefficient (Wildman–Crippen LogP) is 1.71. The summed E-state index contributed by atoms with van der Waals surface area (Å²) < 4.78 is 23.0. The van der Waals surface area contributed by atoms with E-state index in [1.54, 1.807) is 13.8 Å². The molecule has 0 aliphatic rings. The second kappa shape index (κ2) is 6.91. The van der Waals surface area contributed by atoms with Gasteiger partial charge in [0.2, 0.25) is 0 Å². The zero-order valence-corrected chi connectivity index (χ0v) is 13.7. The first-order valence-corrected chi connectivity index (χ1v) is 8.87. The molecule has 0 bridgehead atoms. The SMILES string of the molecule is CCC(CC)(CNC(=O)c1cccc(S(C)(=O)=O)c1)C(=O)O. The molecule has 1 aromatic carbocycles. The van der Waals surface area contributed by atoms with Gasteiger partial charge in [0.15, 0.2) is 9.84 Å². The fourth-order valence-electron chi connectivity index (χ4n) is 2.10. The number of nitrogens with one attached hydrogen (secondary N) is 1. The van der Waals surface area contributed by atoms with Crippen molar-refractivity contribution in [2.45, 2.75) is 31.6 Å². The lowest BCUT2D eigenvalue weighted by molar-refractivity contribution is -0.149. The van der Waals surface area contributed by atoms with Crippen molar-refractivity contribution in [2.75, 3.05) is 12.8 Å². The lowest BCUT2D eigenvalue weighted by Gasteiger charge is -2.26. The number of rotatable bonds is 7. The average Bonchev–Trinajstić information content (AvgIpc) is 2.47. The fraction of sp³-hybridized carbons (Fsp3) is 0.467. The van der Waals surface area contributed by atoms with Crippen molar-refractivity contribution in [3.8, 4) is 0 Å². The number of sulfone groups is 1. The summed E-state index contributed by atoms with van der Waals surface area (Å²) in [6.45, 7) is 3.51. The minimum absolute atomic E-state index is 0.00271. The summed E-state index contributed by atoms with van der Waals surface area (Å²) in [6.07, 6.45) is 1.85. The third-order valence-electron chi connectivity index (χ3n) is 3.92. The van der Waals surface area contributed by atoms with Crippen molar-refractivity contribution in [3.05, 3.63) is 29.8 Å². The third-order valence-corrected chi connectivity index (χ3v) is 5.03. The molecule has 0 aromatic heterocycles. The highest BCUT2D eigenvalue weighted by Gasteiger charge is 2.35. The van der Waals surface area contributed by atoms with E-state index in [0.29, 0.717) is 12.8 Å². The van der Waals surface area contributed by atoms with Gasteiger partial charge in [0.05, 0.1) is 10.3 Å². The van der Waals surface area contributed by atoms with Crippen molar-refractivity contribution in [1.82, 2.24) is 5.32 Å². The second-order valence-electron chi connectivity index (χ2n) is 5.28. The normalized spacial score (nSPS) is 12.0. The van der Waals surface area contributed by atoms with Crippen LogP contribution in [0.3, 0.4) is 0 Å². The molecule has 1 rings (SSSR count). The lowest BCUT2D eigenvalue weighted by atomic mass is 9.82. The lowest BCUT2D eigenvalue weighted by Crippen LogP contribution is -2.42. The standard InChI is InChI=1S/C15H21NO5S/c1-4-15(5-2,14(18)19)10-16-13(17)11-7-6-8-12(9-11)22(3,20)21/h6-9H,4-5,10H2,1-3H3,(H,16,17)(H,18,19). The molecule has 0 saturated heterocycles. The fourth-order valence-corrected chi connectivity index (χ4v) is 2.76. The van der Waals surface area contributed by atoms with Crippen molar-refractivity contribution < 1.29 is 23.1 Å². The van der Waals surface area contributed by atoms with Crippen LogP contribution in [0.1, 0.15) is 37.0 Å². The second-order valence-corrected chi connectivity index (χ2v) is 7.29. The van der Waals surface area contributed by atoms with Gasteiger partial charge in [0, 0.05) is 18.4 Å². The Kier molecular flexibility index (Phi) is 5.71. The first-order chi connectivity index (χ1) is 10.2. The molecule has 0 atom stereocenters. The molecule has 0 spiro atoms. The number of benzene rings is 1. The molecule has 122 valence electrons. The molecule has 0 aliphatic carbocycles. The summed E-state index contributed by atoms with van der Waals surface area (Å²) >= 11 is 0. The zero-order valence-electron chi connectivity index (χ0n) is 12.9. The van der Waals surface area contributed by atoms with Crippen molar-refractivity contribution in [2.24, 2.45) is 5.41 Å². The molecule has 0 saturated carbocycles. The van der Waals surface area contributed by atoms with Gasteiger partial charge < -0.3 is 10.4 Å². The Morgan fingerprint density at radius 1 is 1.23 bits per heavy atom. The summed E-state index contributed by atoms with van der Waals surface area (Å²) in [7, 11) is -3.40. The molecule has 0 radical (unpaired) electrons. The van der Waals surface area contributed by atoms with Crippen molar-refractivity contribution in [3.63, 3.8) is 0 Å². The minimum atomic E-state index is -3.40. The highest BCUT2D eigenvalue weighted by atomic mass is 32.2. The molecule has 22 heavy (non-hydrogen) atoms. The van der Waals surface area contributed by atoms with E-state index in [-0.39, 0.29) is 17.0 Å². The number of carbonyl (C=O) groups excluding carboxylic acids is 1. The number of amides is 1. The first kappa shape index (κ1) is 18.2. The Morgan fingerprint density at radius 2 is 1.82 bits per heavy atom. The van der Waals surface area contributed by atoms with E-state index in [1.807, 2.05) is 0 Å². The van der Waals surface area contributed by atoms with Gasteiger partial charge in [0.25, 0.3) is 5.91 Å². The van der Waals surface area contributed by atoms with E-state index in [9.17, 15) is 23.1 Å². The quantitative estimate of drug-likeness (QED) is 0.794. The largest absolute Gasteiger partial charge is 0.481 e. The van der Waals surface area contributed by atoms with Crippen LogP contribution in [0, 0.1) is 5.41 Å². The molecular formula is C15H21NO5S. The molecule has 1 amide bonds. The van der Waals surface area contributed by atoms with Gasteiger partial charge in [-0.25, -0.2) is 8.42 Å². The predicted molar refractivity (Wildman–Crippen MR) is 82.5 cm³/mol. The van der Waals surface area contributed by atoms with Crippen LogP contribution in [0.2, 0.25) is 0 Å². The Morgan fingerprint density at radius 3 is 2.27 bits per heavy atom. The number of carboxylic acids is 1. The number of hydrogen-bond acceptors (Lipinski definition) is 4. The van der Waals surface area contributed by atoms with Crippen LogP contribution in [-0.2, 0) is 14.6 Å². The topological polar surface area (TPSA) is 101 Å². The minimum Gasteiger partial charge on any atom is -0.481 e. The van der Waals surface area contributed by atoms with Crippen LogP contribution in [0.25, 0.3) is 0 Å². The number of aliphatic carboxylic acids is 1. The van der Waals surface area contributed by atoms with Crippen LogP contribution in [0.4, 0.5) is 0 Å². The summed E-state index contributed by atoms with van der Waals surface area (Å²) in [5.74, 6) is -1.44. The first-order valence-electron chi connectivity index (χ1n) is 6.98. The van der Waals surface area contributed by atoms with Crippen molar-refractivity contribution in [1.29, 1.82) is 0 Å².